The standard InChI is InChI=1S/C60H35N3S2/c1-3-16-36(17-4-1)57-44-32-33-48-56(41-21-7-9-24-45(41)60(48)46-25-10-13-28-53(46)64-54-29-14-11-26-47(54)60)55(44)42-31-30-38(34-50(42)61-57)49-35-51(63-59(62-49)37-18-5-2-6-19-37)43-23-15-22-40-39-20-8-12-27-52(39)65-58(40)43/h1-35H. The second-order valence-corrected chi connectivity index (χ2v) is 19.1. The average Bonchev–Trinajstić information content (AvgIpc) is 3.90. The predicted octanol–water partition coefficient (Wildman–Crippen LogP) is 16.0. The summed E-state index contributed by atoms with van der Waals surface area (Å²) in [5, 5.41) is 5.99. The summed E-state index contributed by atoms with van der Waals surface area (Å²) >= 11 is 3.70. The summed E-state index contributed by atoms with van der Waals surface area (Å²) in [6.45, 7) is 0. The lowest BCUT2D eigenvalue weighted by atomic mass is 9.67. The highest BCUT2D eigenvalue weighted by atomic mass is 32.2. The Kier molecular flexibility index (Phi) is 8.00. The molecule has 1 aliphatic carbocycles. The Hall–Kier alpha value is -7.70. The molecule has 0 amide bonds. The third kappa shape index (κ3) is 5.34. The van der Waals surface area contributed by atoms with Gasteiger partial charge in [-0.05, 0) is 63.7 Å². The number of aromatic nitrogens is 3. The molecule has 1 aliphatic heterocycles. The highest BCUT2D eigenvalue weighted by molar-refractivity contribution is 7.99. The van der Waals surface area contributed by atoms with Crippen LogP contribution in [0.2, 0.25) is 0 Å². The van der Waals surface area contributed by atoms with E-state index in [2.05, 4.69) is 206 Å². The molecule has 0 saturated carbocycles. The van der Waals surface area contributed by atoms with E-state index in [4.69, 9.17) is 15.0 Å². The van der Waals surface area contributed by atoms with Gasteiger partial charge in [-0.2, -0.15) is 0 Å². The Morgan fingerprint density at radius 1 is 0.385 bits per heavy atom. The topological polar surface area (TPSA) is 38.7 Å². The summed E-state index contributed by atoms with van der Waals surface area (Å²) in [4.78, 5) is 18.8. The lowest BCUT2D eigenvalue weighted by molar-refractivity contribution is 0.723. The van der Waals surface area contributed by atoms with E-state index < -0.39 is 5.41 Å². The molecule has 65 heavy (non-hydrogen) atoms. The van der Waals surface area contributed by atoms with Gasteiger partial charge < -0.3 is 0 Å². The molecule has 5 heteroatoms. The van der Waals surface area contributed by atoms with Crippen LogP contribution in [0.3, 0.4) is 0 Å². The van der Waals surface area contributed by atoms with Crippen molar-refractivity contribution in [3.05, 3.63) is 235 Å². The minimum atomic E-state index is -0.483. The molecule has 3 nitrogen and oxygen atoms in total. The zero-order valence-corrected chi connectivity index (χ0v) is 36.5. The van der Waals surface area contributed by atoms with E-state index in [1.807, 2.05) is 29.2 Å². The van der Waals surface area contributed by atoms with Gasteiger partial charge >= 0.3 is 0 Å². The number of thiophene rings is 1. The van der Waals surface area contributed by atoms with E-state index in [0.717, 1.165) is 55.6 Å². The zero-order chi connectivity index (χ0) is 42.6. The fraction of sp³-hybridized carbons (Fsp3) is 0.0167. The second kappa shape index (κ2) is 14.2. The van der Waals surface area contributed by atoms with Gasteiger partial charge in [-0.1, -0.05) is 194 Å². The number of fused-ring (bicyclic) bond motifs is 16. The lowest BCUT2D eigenvalue weighted by Crippen LogP contribution is -2.31. The fourth-order valence-electron chi connectivity index (χ4n) is 10.8. The fourth-order valence-corrected chi connectivity index (χ4v) is 13.2. The summed E-state index contributed by atoms with van der Waals surface area (Å²) < 4.78 is 2.50. The van der Waals surface area contributed by atoms with Crippen molar-refractivity contribution < 1.29 is 0 Å². The van der Waals surface area contributed by atoms with E-state index >= 15 is 0 Å². The van der Waals surface area contributed by atoms with Crippen LogP contribution in [0.5, 0.6) is 0 Å². The van der Waals surface area contributed by atoms with E-state index in [1.165, 1.54) is 68.7 Å². The first-order valence-electron chi connectivity index (χ1n) is 22.0. The zero-order valence-electron chi connectivity index (χ0n) is 34.9. The van der Waals surface area contributed by atoms with Crippen molar-refractivity contribution in [2.24, 2.45) is 0 Å². The molecule has 0 radical (unpaired) electrons. The van der Waals surface area contributed by atoms with Gasteiger partial charge in [0, 0.05) is 68.4 Å². The van der Waals surface area contributed by atoms with Gasteiger partial charge in [-0.25, -0.2) is 15.0 Å². The normalized spacial score (nSPS) is 13.3. The largest absolute Gasteiger partial charge is 0.247 e. The Balaban J connectivity index is 1.05. The first-order chi connectivity index (χ1) is 32.2. The van der Waals surface area contributed by atoms with Crippen LogP contribution < -0.4 is 0 Å². The third-order valence-corrected chi connectivity index (χ3v) is 15.9. The van der Waals surface area contributed by atoms with Gasteiger partial charge in [0.15, 0.2) is 5.82 Å². The molecule has 0 N–H and O–H groups in total. The Bertz CT molecular complexity index is 3890. The average molecular weight is 862 g/mol. The molecule has 4 heterocycles. The number of hydrogen-bond acceptors (Lipinski definition) is 5. The molecule has 0 saturated heterocycles. The monoisotopic (exact) mass is 861 g/mol. The van der Waals surface area contributed by atoms with Gasteiger partial charge in [0.1, 0.15) is 0 Å². The Labute approximate surface area is 383 Å². The van der Waals surface area contributed by atoms with Crippen LogP contribution in [-0.4, -0.2) is 15.0 Å². The van der Waals surface area contributed by atoms with Crippen molar-refractivity contribution in [1.29, 1.82) is 0 Å². The first-order valence-corrected chi connectivity index (χ1v) is 23.6. The summed E-state index contributed by atoms with van der Waals surface area (Å²) in [7, 11) is 0. The smallest absolute Gasteiger partial charge is 0.160 e. The quantitative estimate of drug-likeness (QED) is 0.165. The van der Waals surface area contributed by atoms with Gasteiger partial charge in [-0.15, -0.1) is 11.3 Å². The van der Waals surface area contributed by atoms with Crippen LogP contribution in [-0.2, 0) is 5.41 Å². The molecule has 0 bridgehead atoms. The number of pyridine rings is 1. The highest BCUT2D eigenvalue weighted by Gasteiger charge is 2.50. The van der Waals surface area contributed by atoms with Gasteiger partial charge in [0.25, 0.3) is 0 Å². The van der Waals surface area contributed by atoms with Crippen molar-refractivity contribution in [2.45, 2.75) is 15.2 Å². The van der Waals surface area contributed by atoms with Gasteiger partial charge in [0.2, 0.25) is 0 Å². The summed E-state index contributed by atoms with van der Waals surface area (Å²) in [5.41, 5.74) is 15.2. The van der Waals surface area contributed by atoms with Gasteiger partial charge in [-0.3, -0.25) is 0 Å². The summed E-state index contributed by atoms with van der Waals surface area (Å²) in [5.74, 6) is 0.693. The lowest BCUT2D eigenvalue weighted by Gasteiger charge is -2.39. The van der Waals surface area contributed by atoms with Crippen LogP contribution in [0.25, 0.3) is 98.1 Å². The van der Waals surface area contributed by atoms with Crippen molar-refractivity contribution in [3.8, 4) is 56.3 Å². The summed E-state index contributed by atoms with van der Waals surface area (Å²) in [6, 6.07) is 77.1. The highest BCUT2D eigenvalue weighted by Crippen LogP contribution is 2.63. The van der Waals surface area contributed by atoms with Crippen LogP contribution >= 0.6 is 23.1 Å². The van der Waals surface area contributed by atoms with Crippen molar-refractivity contribution in [1.82, 2.24) is 15.0 Å². The molecule has 302 valence electrons. The summed E-state index contributed by atoms with van der Waals surface area (Å²) in [6.07, 6.45) is 0. The molecular formula is C60H35N3S2. The maximum absolute atomic E-state index is 5.60. The van der Waals surface area contributed by atoms with Crippen LogP contribution in [0, 0.1) is 0 Å². The van der Waals surface area contributed by atoms with Crippen molar-refractivity contribution in [2.75, 3.05) is 0 Å². The number of benzene rings is 9. The van der Waals surface area contributed by atoms with Crippen LogP contribution in [0.15, 0.2) is 222 Å². The van der Waals surface area contributed by atoms with Crippen molar-refractivity contribution >= 4 is 64.9 Å². The molecule has 14 rings (SSSR count). The Morgan fingerprint density at radius 3 is 1.82 bits per heavy atom. The second-order valence-electron chi connectivity index (χ2n) is 17.0. The molecular weight excluding hydrogens is 827 g/mol. The van der Waals surface area contributed by atoms with Crippen molar-refractivity contribution in [3.63, 3.8) is 0 Å². The van der Waals surface area contributed by atoms with E-state index in [-0.39, 0.29) is 0 Å². The number of nitrogens with zero attached hydrogens (tertiary/aromatic N) is 3. The molecule has 12 aromatic rings. The number of hydrogen-bond donors (Lipinski definition) is 0. The van der Waals surface area contributed by atoms with E-state index in [9.17, 15) is 0 Å². The third-order valence-electron chi connectivity index (χ3n) is 13.5. The molecule has 9 aromatic carbocycles. The Morgan fingerprint density at radius 2 is 1.02 bits per heavy atom. The predicted molar refractivity (Wildman–Crippen MR) is 271 cm³/mol. The number of rotatable bonds is 4. The molecule has 0 unspecified atom stereocenters. The van der Waals surface area contributed by atoms with E-state index in [0.29, 0.717) is 5.82 Å². The molecule has 2 aliphatic rings. The molecule has 0 fully saturated rings. The SMILES string of the molecule is c1ccc(-c2nc(-c3ccc4c(c3)nc(-c3ccccc3)c3ccc5c(c34)-c3ccccc3C53c4ccccc4Sc4ccccc43)cc(-c3cccc4c3sc3ccccc34)n2)cc1. The van der Waals surface area contributed by atoms with Gasteiger partial charge in [0.05, 0.1) is 28.0 Å². The maximum atomic E-state index is 5.60. The molecule has 0 atom stereocenters. The van der Waals surface area contributed by atoms with Crippen LogP contribution in [0.4, 0.5) is 0 Å². The first kappa shape index (κ1) is 36.8. The maximum Gasteiger partial charge on any atom is 0.160 e. The van der Waals surface area contributed by atoms with Crippen LogP contribution in [0.1, 0.15) is 22.3 Å². The minimum absolute atomic E-state index is 0.483. The van der Waals surface area contributed by atoms with E-state index in [1.54, 1.807) is 0 Å². The molecule has 3 aromatic heterocycles. The molecule has 1 spiro atoms. The minimum Gasteiger partial charge on any atom is -0.247 e.